The Hall–Kier alpha value is -1.84. The van der Waals surface area contributed by atoms with E-state index in [-0.39, 0.29) is 12.2 Å². The van der Waals surface area contributed by atoms with Crippen molar-refractivity contribution in [3.05, 3.63) is 60.2 Å². The second kappa shape index (κ2) is 5.51. The highest BCUT2D eigenvalue weighted by Crippen LogP contribution is 2.38. The van der Waals surface area contributed by atoms with Crippen LogP contribution in [0.5, 0.6) is 11.5 Å². The molecule has 4 rings (SSSR count). The highest BCUT2D eigenvalue weighted by atomic mass is 16.6. The van der Waals surface area contributed by atoms with Crippen LogP contribution < -0.4 is 4.74 Å². The van der Waals surface area contributed by atoms with Gasteiger partial charge in [0.05, 0.1) is 24.9 Å². The molecule has 2 aliphatic rings. The van der Waals surface area contributed by atoms with Crippen molar-refractivity contribution in [2.24, 2.45) is 0 Å². The molecule has 0 aliphatic carbocycles. The topological polar surface area (TPSA) is 27.7 Å². The third kappa shape index (κ3) is 2.80. The van der Waals surface area contributed by atoms with Crippen LogP contribution in [-0.2, 0) is 9.47 Å². The van der Waals surface area contributed by atoms with Gasteiger partial charge in [0.2, 0.25) is 0 Å². The Morgan fingerprint density at radius 2 is 1.71 bits per heavy atom. The Labute approximate surface area is 124 Å². The highest BCUT2D eigenvalue weighted by molar-refractivity contribution is 5.35. The summed E-state index contributed by atoms with van der Waals surface area (Å²) in [6.07, 6.45) is 2.71. The first-order valence-corrected chi connectivity index (χ1v) is 7.47. The summed E-state index contributed by atoms with van der Waals surface area (Å²) in [5.41, 5.74) is 1.17. The van der Waals surface area contributed by atoms with Crippen LogP contribution in [0.3, 0.4) is 0 Å². The molecule has 3 heteroatoms. The molecule has 2 aromatic rings. The first-order valence-electron chi connectivity index (χ1n) is 7.47. The summed E-state index contributed by atoms with van der Waals surface area (Å²) in [6.45, 7) is 0.737. The molecule has 3 nitrogen and oxygen atoms in total. The lowest BCUT2D eigenvalue weighted by atomic mass is 9.98. The molecular weight excluding hydrogens is 264 g/mol. The van der Waals surface area contributed by atoms with E-state index in [1.54, 1.807) is 0 Å². The van der Waals surface area contributed by atoms with E-state index in [1.165, 1.54) is 5.56 Å². The Kier molecular flexibility index (Phi) is 3.37. The lowest BCUT2D eigenvalue weighted by Crippen LogP contribution is -2.24. The predicted molar refractivity (Wildman–Crippen MR) is 79.5 cm³/mol. The number of hydrogen-bond donors (Lipinski definition) is 0. The van der Waals surface area contributed by atoms with Gasteiger partial charge in [0.1, 0.15) is 11.5 Å². The largest absolute Gasteiger partial charge is 0.457 e. The van der Waals surface area contributed by atoms with Crippen molar-refractivity contribution in [1.29, 1.82) is 0 Å². The summed E-state index contributed by atoms with van der Waals surface area (Å²) in [5, 5.41) is 0. The molecule has 0 radical (unpaired) electrons. The van der Waals surface area contributed by atoms with Crippen molar-refractivity contribution < 1.29 is 14.2 Å². The van der Waals surface area contributed by atoms with E-state index in [2.05, 4.69) is 12.1 Å². The number of fused-ring (bicyclic) bond motifs is 2. The number of para-hydroxylation sites is 1. The molecule has 108 valence electrons. The summed E-state index contributed by atoms with van der Waals surface area (Å²) in [4.78, 5) is 0. The molecular formula is C18H18O3. The lowest BCUT2D eigenvalue weighted by molar-refractivity contribution is -0.0314. The van der Waals surface area contributed by atoms with E-state index in [9.17, 15) is 0 Å². The van der Waals surface area contributed by atoms with Crippen molar-refractivity contribution in [3.8, 4) is 11.5 Å². The normalized spacial score (nSPS) is 27.5. The number of rotatable bonds is 3. The fourth-order valence-electron chi connectivity index (χ4n) is 3.08. The van der Waals surface area contributed by atoms with Crippen molar-refractivity contribution in [2.75, 3.05) is 6.61 Å². The molecule has 2 aromatic carbocycles. The molecule has 0 N–H and O–H groups in total. The minimum Gasteiger partial charge on any atom is -0.457 e. The molecule has 2 bridgehead atoms. The van der Waals surface area contributed by atoms with E-state index in [0.717, 1.165) is 30.9 Å². The molecule has 21 heavy (non-hydrogen) atoms. The standard InChI is InChI=1S/C18H18O3/c1-2-6-14(7-3-1)20-15-8-4-5-13(9-15)18-11-16-10-17(21-18)12-19-16/h1-9,16-18H,10-12H2/t16-,17-,18-/m0/s1. The maximum atomic E-state index is 6.09. The zero-order chi connectivity index (χ0) is 14.1. The SMILES string of the molecule is c1ccc(Oc2cccc([C@@H]3C[C@@H]4C[C@@H](CO4)O3)c2)cc1. The van der Waals surface area contributed by atoms with Crippen LogP contribution in [0, 0.1) is 0 Å². The fraction of sp³-hybridized carbons (Fsp3) is 0.333. The van der Waals surface area contributed by atoms with Gasteiger partial charge in [-0.3, -0.25) is 0 Å². The molecule has 2 fully saturated rings. The fourth-order valence-corrected chi connectivity index (χ4v) is 3.08. The minimum absolute atomic E-state index is 0.121. The predicted octanol–water partition coefficient (Wildman–Crippen LogP) is 4.10. The van der Waals surface area contributed by atoms with Gasteiger partial charge < -0.3 is 14.2 Å². The molecule has 0 aromatic heterocycles. The molecule has 2 saturated heterocycles. The van der Waals surface area contributed by atoms with Crippen molar-refractivity contribution in [3.63, 3.8) is 0 Å². The van der Waals surface area contributed by atoms with E-state index in [1.807, 2.05) is 42.5 Å². The van der Waals surface area contributed by atoms with Crippen LogP contribution >= 0.6 is 0 Å². The summed E-state index contributed by atoms with van der Waals surface area (Å²) >= 11 is 0. The highest BCUT2D eigenvalue weighted by Gasteiger charge is 2.36. The first kappa shape index (κ1) is 12.9. The maximum absolute atomic E-state index is 6.09. The monoisotopic (exact) mass is 282 g/mol. The number of benzene rings is 2. The average molecular weight is 282 g/mol. The molecule has 0 saturated carbocycles. The third-order valence-corrected chi connectivity index (χ3v) is 4.09. The van der Waals surface area contributed by atoms with Crippen molar-refractivity contribution >= 4 is 0 Å². The van der Waals surface area contributed by atoms with Crippen LogP contribution in [0.1, 0.15) is 24.5 Å². The van der Waals surface area contributed by atoms with Crippen LogP contribution in [0.2, 0.25) is 0 Å². The zero-order valence-corrected chi connectivity index (χ0v) is 11.8. The quantitative estimate of drug-likeness (QED) is 0.848. The van der Waals surface area contributed by atoms with Gasteiger partial charge in [0.25, 0.3) is 0 Å². The van der Waals surface area contributed by atoms with Gasteiger partial charge in [-0.25, -0.2) is 0 Å². The van der Waals surface area contributed by atoms with Gasteiger partial charge in [-0.15, -0.1) is 0 Å². The van der Waals surface area contributed by atoms with Crippen molar-refractivity contribution in [1.82, 2.24) is 0 Å². The number of ether oxygens (including phenoxy) is 3. The van der Waals surface area contributed by atoms with Crippen LogP contribution in [0.4, 0.5) is 0 Å². The molecule has 0 unspecified atom stereocenters. The first-order chi connectivity index (χ1) is 10.4. The van der Waals surface area contributed by atoms with Gasteiger partial charge >= 0.3 is 0 Å². The molecule has 2 aliphatic heterocycles. The van der Waals surface area contributed by atoms with E-state index in [0.29, 0.717) is 6.10 Å². The summed E-state index contributed by atoms with van der Waals surface area (Å²) < 4.78 is 17.7. The Balaban J connectivity index is 1.53. The molecule has 0 spiro atoms. The van der Waals surface area contributed by atoms with Gasteiger partial charge in [0, 0.05) is 12.8 Å². The summed E-state index contributed by atoms with van der Waals surface area (Å²) in [6, 6.07) is 18.0. The smallest absolute Gasteiger partial charge is 0.127 e. The second-order valence-corrected chi connectivity index (χ2v) is 5.66. The molecule has 0 amide bonds. The summed E-state index contributed by atoms with van der Waals surface area (Å²) in [5.74, 6) is 1.70. The van der Waals surface area contributed by atoms with E-state index < -0.39 is 0 Å². The van der Waals surface area contributed by atoms with E-state index in [4.69, 9.17) is 14.2 Å². The van der Waals surface area contributed by atoms with Crippen LogP contribution in [-0.4, -0.2) is 18.8 Å². The molecule has 2 heterocycles. The summed E-state index contributed by atoms with van der Waals surface area (Å²) in [7, 11) is 0. The van der Waals surface area contributed by atoms with Gasteiger partial charge in [0.15, 0.2) is 0 Å². The zero-order valence-electron chi connectivity index (χ0n) is 11.8. The average Bonchev–Trinajstić information content (AvgIpc) is 2.87. The van der Waals surface area contributed by atoms with E-state index >= 15 is 0 Å². The van der Waals surface area contributed by atoms with Crippen LogP contribution in [0.25, 0.3) is 0 Å². The lowest BCUT2D eigenvalue weighted by Gasteiger charge is -2.27. The van der Waals surface area contributed by atoms with Crippen LogP contribution in [0.15, 0.2) is 54.6 Å². The third-order valence-electron chi connectivity index (χ3n) is 4.09. The second-order valence-electron chi connectivity index (χ2n) is 5.66. The van der Waals surface area contributed by atoms with Gasteiger partial charge in [-0.05, 0) is 29.8 Å². The minimum atomic E-state index is 0.121. The Morgan fingerprint density at radius 1 is 0.857 bits per heavy atom. The van der Waals surface area contributed by atoms with Crippen molar-refractivity contribution in [2.45, 2.75) is 31.2 Å². The molecule has 3 atom stereocenters. The maximum Gasteiger partial charge on any atom is 0.127 e. The van der Waals surface area contributed by atoms with Gasteiger partial charge in [-0.1, -0.05) is 30.3 Å². The Morgan fingerprint density at radius 3 is 2.57 bits per heavy atom. The number of hydrogen-bond acceptors (Lipinski definition) is 3. The Bertz CT molecular complexity index is 599. The van der Waals surface area contributed by atoms with Gasteiger partial charge in [-0.2, -0.15) is 0 Å².